The van der Waals surface area contributed by atoms with Gasteiger partial charge in [-0.25, -0.2) is 4.68 Å². The lowest BCUT2D eigenvalue weighted by Gasteiger charge is -2.26. The summed E-state index contributed by atoms with van der Waals surface area (Å²) in [6.07, 6.45) is 3.44. The molecule has 7 heteroatoms. The number of aromatic nitrogens is 2. The molecule has 21 heavy (non-hydrogen) atoms. The highest BCUT2D eigenvalue weighted by Gasteiger charge is 2.27. The Hall–Kier alpha value is -1.63. The van der Waals surface area contributed by atoms with E-state index >= 15 is 0 Å². The summed E-state index contributed by atoms with van der Waals surface area (Å²) < 4.78 is 1.67. The fraction of sp³-hybridized carbons (Fsp3) is 0.786. The third-order valence-electron chi connectivity index (χ3n) is 4.04. The van der Waals surface area contributed by atoms with Crippen molar-refractivity contribution in [3.8, 4) is 0 Å². The Morgan fingerprint density at radius 3 is 2.81 bits per heavy atom. The molecule has 0 aliphatic heterocycles. The number of rotatable bonds is 5. The first-order chi connectivity index (χ1) is 9.90. The molecule has 0 radical (unpaired) electrons. The summed E-state index contributed by atoms with van der Waals surface area (Å²) in [7, 11) is 0. The maximum absolute atomic E-state index is 11.3. The first kappa shape index (κ1) is 15.8. The van der Waals surface area contributed by atoms with Crippen molar-refractivity contribution < 1.29 is 10.0 Å². The van der Waals surface area contributed by atoms with Gasteiger partial charge in [0.1, 0.15) is 5.69 Å². The molecule has 2 unspecified atom stereocenters. The summed E-state index contributed by atoms with van der Waals surface area (Å²) in [6, 6.07) is 0.0526. The van der Waals surface area contributed by atoms with Gasteiger partial charge < -0.3 is 10.4 Å². The topological polar surface area (TPSA) is 93.2 Å². The van der Waals surface area contributed by atoms with Gasteiger partial charge in [0.25, 0.3) is 0 Å². The summed E-state index contributed by atoms with van der Waals surface area (Å²) in [6.45, 7) is 6.19. The maximum Gasteiger partial charge on any atom is 0.333 e. The van der Waals surface area contributed by atoms with Crippen LogP contribution in [-0.2, 0) is 0 Å². The number of anilines is 1. The first-order valence-corrected chi connectivity index (χ1v) is 7.55. The van der Waals surface area contributed by atoms with Crippen LogP contribution in [0.2, 0.25) is 0 Å². The number of aryl methyl sites for hydroxylation is 1. The summed E-state index contributed by atoms with van der Waals surface area (Å²) in [5.41, 5.74) is 0.486. The van der Waals surface area contributed by atoms with Crippen molar-refractivity contribution in [2.45, 2.75) is 58.6 Å². The molecule has 1 aliphatic rings. The highest BCUT2D eigenvalue weighted by Crippen LogP contribution is 2.32. The lowest BCUT2D eigenvalue weighted by atomic mass is 9.87. The Kier molecular flexibility index (Phi) is 4.82. The molecule has 0 amide bonds. The molecule has 2 atom stereocenters. The van der Waals surface area contributed by atoms with Crippen LogP contribution >= 0.6 is 0 Å². The molecule has 7 nitrogen and oxygen atoms in total. The molecular weight excluding hydrogens is 272 g/mol. The van der Waals surface area contributed by atoms with Crippen LogP contribution in [0.25, 0.3) is 0 Å². The zero-order valence-electron chi connectivity index (χ0n) is 12.9. The molecule has 1 aliphatic carbocycles. The number of aliphatic hydroxyl groups is 1. The van der Waals surface area contributed by atoms with Gasteiger partial charge in [-0.2, -0.15) is 5.10 Å². The van der Waals surface area contributed by atoms with Crippen molar-refractivity contribution in [2.24, 2.45) is 5.92 Å². The Morgan fingerprint density at radius 2 is 2.24 bits per heavy atom. The Labute approximate surface area is 124 Å². The van der Waals surface area contributed by atoms with Crippen LogP contribution in [0.15, 0.2) is 0 Å². The standard InChI is InChI=1S/C14H24N4O3/c1-9(2)17-14(13(18(20)21)10(3)16-17)15-8-11-5-4-6-12(19)7-11/h9,11-12,15,19H,4-8H2,1-3H3. The Bertz CT molecular complexity index is 513. The van der Waals surface area contributed by atoms with Gasteiger partial charge in [-0.3, -0.25) is 10.1 Å². The fourth-order valence-corrected chi connectivity index (χ4v) is 2.98. The number of nitrogens with one attached hydrogen (secondary N) is 1. The largest absolute Gasteiger partial charge is 0.393 e. The SMILES string of the molecule is Cc1nn(C(C)C)c(NCC2CCCC(O)C2)c1[N+](=O)[O-]. The quantitative estimate of drug-likeness (QED) is 0.643. The van der Waals surface area contributed by atoms with E-state index in [1.807, 2.05) is 13.8 Å². The lowest BCUT2D eigenvalue weighted by molar-refractivity contribution is -0.384. The highest BCUT2D eigenvalue weighted by atomic mass is 16.6. The average molecular weight is 296 g/mol. The van der Waals surface area contributed by atoms with Crippen molar-refractivity contribution in [2.75, 3.05) is 11.9 Å². The lowest BCUT2D eigenvalue weighted by Crippen LogP contribution is -2.26. The third-order valence-corrected chi connectivity index (χ3v) is 4.04. The van der Waals surface area contributed by atoms with Gasteiger partial charge in [0.15, 0.2) is 0 Å². The van der Waals surface area contributed by atoms with Gasteiger partial charge in [-0.05, 0) is 46.0 Å². The van der Waals surface area contributed by atoms with Crippen molar-refractivity contribution in [1.29, 1.82) is 0 Å². The zero-order valence-corrected chi connectivity index (χ0v) is 12.9. The van der Waals surface area contributed by atoms with E-state index in [4.69, 9.17) is 0 Å². The molecule has 0 spiro atoms. The summed E-state index contributed by atoms with van der Waals surface area (Å²) >= 11 is 0. The van der Waals surface area contributed by atoms with Crippen LogP contribution in [0.1, 0.15) is 51.3 Å². The third kappa shape index (κ3) is 3.53. The van der Waals surface area contributed by atoms with E-state index in [-0.39, 0.29) is 22.8 Å². The van der Waals surface area contributed by atoms with E-state index < -0.39 is 0 Å². The highest BCUT2D eigenvalue weighted by molar-refractivity contribution is 5.59. The molecule has 1 fully saturated rings. The van der Waals surface area contributed by atoms with Crippen molar-refractivity contribution in [1.82, 2.24) is 9.78 Å². The number of hydrogen-bond acceptors (Lipinski definition) is 5. The zero-order chi connectivity index (χ0) is 15.6. The molecule has 1 saturated carbocycles. The molecule has 1 aromatic heterocycles. The van der Waals surface area contributed by atoms with Gasteiger partial charge in [-0.15, -0.1) is 0 Å². The summed E-state index contributed by atoms with van der Waals surface area (Å²) in [5.74, 6) is 0.830. The maximum atomic E-state index is 11.3. The average Bonchev–Trinajstić information content (AvgIpc) is 2.73. The van der Waals surface area contributed by atoms with Gasteiger partial charge in [-0.1, -0.05) is 6.42 Å². The second kappa shape index (κ2) is 6.43. The van der Waals surface area contributed by atoms with Gasteiger partial charge in [0.2, 0.25) is 5.82 Å². The minimum absolute atomic E-state index is 0.0526. The monoisotopic (exact) mass is 296 g/mol. The van der Waals surface area contributed by atoms with E-state index in [1.165, 1.54) is 0 Å². The molecule has 2 N–H and O–H groups in total. The van der Waals surface area contributed by atoms with E-state index in [0.29, 0.717) is 24.0 Å². The molecule has 2 rings (SSSR count). The molecular formula is C14H24N4O3. The van der Waals surface area contributed by atoms with Gasteiger partial charge >= 0.3 is 5.69 Å². The van der Waals surface area contributed by atoms with Crippen LogP contribution in [0.3, 0.4) is 0 Å². The second-order valence-electron chi connectivity index (χ2n) is 6.15. The van der Waals surface area contributed by atoms with Crippen LogP contribution in [0.4, 0.5) is 11.5 Å². The molecule has 118 valence electrons. The van der Waals surface area contributed by atoms with E-state index in [2.05, 4.69) is 10.4 Å². The Morgan fingerprint density at radius 1 is 1.52 bits per heavy atom. The summed E-state index contributed by atoms with van der Waals surface area (Å²) in [5, 5.41) is 28.4. The van der Waals surface area contributed by atoms with E-state index in [9.17, 15) is 15.2 Å². The minimum atomic E-state index is -0.376. The number of aliphatic hydroxyl groups excluding tert-OH is 1. The van der Waals surface area contributed by atoms with E-state index in [1.54, 1.807) is 11.6 Å². The van der Waals surface area contributed by atoms with Gasteiger partial charge in [0.05, 0.1) is 11.0 Å². The van der Waals surface area contributed by atoms with Crippen molar-refractivity contribution >= 4 is 11.5 Å². The number of hydrogen-bond donors (Lipinski definition) is 2. The van der Waals surface area contributed by atoms with Gasteiger partial charge in [0, 0.05) is 12.6 Å². The van der Waals surface area contributed by atoms with Crippen molar-refractivity contribution in [3.63, 3.8) is 0 Å². The number of nitrogens with zero attached hydrogens (tertiary/aromatic N) is 3. The van der Waals surface area contributed by atoms with Crippen LogP contribution < -0.4 is 5.32 Å². The molecule has 1 aromatic rings. The van der Waals surface area contributed by atoms with E-state index in [0.717, 1.165) is 25.7 Å². The normalized spacial score (nSPS) is 22.5. The molecule has 0 saturated heterocycles. The fourth-order valence-electron chi connectivity index (χ4n) is 2.98. The molecule has 0 aromatic carbocycles. The minimum Gasteiger partial charge on any atom is -0.393 e. The van der Waals surface area contributed by atoms with Crippen molar-refractivity contribution in [3.05, 3.63) is 15.8 Å². The molecule has 1 heterocycles. The predicted molar refractivity (Wildman–Crippen MR) is 80.5 cm³/mol. The molecule has 0 bridgehead atoms. The second-order valence-corrected chi connectivity index (χ2v) is 6.15. The van der Waals surface area contributed by atoms with Crippen LogP contribution in [0, 0.1) is 23.0 Å². The smallest absolute Gasteiger partial charge is 0.333 e. The first-order valence-electron chi connectivity index (χ1n) is 7.55. The van der Waals surface area contributed by atoms with Crippen LogP contribution in [-0.4, -0.2) is 32.5 Å². The predicted octanol–water partition coefficient (Wildman–Crippen LogP) is 2.64. The van der Waals surface area contributed by atoms with Crippen LogP contribution in [0.5, 0.6) is 0 Å². The number of nitro groups is 1. The summed E-state index contributed by atoms with van der Waals surface area (Å²) in [4.78, 5) is 10.9. The Balaban J connectivity index is 2.16.